The first kappa shape index (κ1) is 22.1. The Bertz CT molecular complexity index is 519. The maximum Gasteiger partial charge on any atom is 0.217 e. The summed E-state index contributed by atoms with van der Waals surface area (Å²) in [6, 6.07) is -0.830. The number of aliphatic hydroxyl groups excluding tert-OH is 4. The minimum atomic E-state index is -1.58. The third kappa shape index (κ3) is 4.63. The van der Waals surface area contributed by atoms with Crippen LogP contribution in [0.25, 0.3) is 0 Å². The molecule has 0 radical (unpaired) electrons. The molecule has 0 saturated carbocycles. The summed E-state index contributed by atoms with van der Waals surface area (Å²) in [6.45, 7) is 2.39. The molecule has 11 nitrogen and oxygen atoms in total. The van der Waals surface area contributed by atoms with E-state index in [-0.39, 0.29) is 0 Å². The van der Waals surface area contributed by atoms with Crippen LogP contribution in [0.15, 0.2) is 0 Å². The summed E-state index contributed by atoms with van der Waals surface area (Å²) >= 11 is 0. The molecule has 156 valence electrons. The standard InChI is InChI=1S/C16H27NO10/c1-6-10(17-7(2)20)15(11(21)8(4-18)25-6)27-16-13(23)12(22)14(24-3)9(5-19)26-16/h5-6,8-16,18,21-23H,4H2,1-3H3,(H,17,20)/t6-,8?,9-,10+,11+,12?,13?,14+,15?,16-/m0/s1. The van der Waals surface area contributed by atoms with Crippen molar-refractivity contribution >= 4 is 12.2 Å². The largest absolute Gasteiger partial charge is 0.394 e. The van der Waals surface area contributed by atoms with Crippen molar-refractivity contribution in [1.29, 1.82) is 0 Å². The molecular weight excluding hydrogens is 366 g/mol. The van der Waals surface area contributed by atoms with E-state index in [2.05, 4.69) is 5.32 Å². The van der Waals surface area contributed by atoms with Gasteiger partial charge in [0.25, 0.3) is 0 Å². The summed E-state index contributed by atoms with van der Waals surface area (Å²) in [7, 11) is 1.25. The maximum atomic E-state index is 11.5. The number of methoxy groups -OCH3 is 1. The van der Waals surface area contributed by atoms with Crippen molar-refractivity contribution in [3.05, 3.63) is 0 Å². The van der Waals surface area contributed by atoms with Gasteiger partial charge in [0.05, 0.1) is 18.8 Å². The van der Waals surface area contributed by atoms with E-state index in [1.165, 1.54) is 14.0 Å². The fraction of sp³-hybridized carbons (Fsp3) is 0.875. The Kier molecular flexibility index (Phi) is 7.65. The second-order valence-corrected chi connectivity index (χ2v) is 6.67. The summed E-state index contributed by atoms with van der Waals surface area (Å²) in [5.74, 6) is -0.408. The summed E-state index contributed by atoms with van der Waals surface area (Å²) in [6.07, 6.45) is -10.6. The molecule has 4 unspecified atom stereocenters. The van der Waals surface area contributed by atoms with Crippen molar-refractivity contribution in [1.82, 2.24) is 5.32 Å². The van der Waals surface area contributed by atoms with Crippen molar-refractivity contribution in [3.8, 4) is 0 Å². The molecule has 10 atom stereocenters. The van der Waals surface area contributed by atoms with Gasteiger partial charge in [-0.1, -0.05) is 0 Å². The molecule has 0 aliphatic carbocycles. The number of hydrogen-bond acceptors (Lipinski definition) is 10. The van der Waals surface area contributed by atoms with E-state index in [1.54, 1.807) is 6.92 Å². The number of rotatable bonds is 6. The van der Waals surface area contributed by atoms with Crippen LogP contribution < -0.4 is 5.32 Å². The fourth-order valence-corrected chi connectivity index (χ4v) is 3.40. The fourth-order valence-electron chi connectivity index (χ4n) is 3.40. The molecule has 0 spiro atoms. The molecule has 2 rings (SSSR count). The van der Waals surface area contributed by atoms with Crippen LogP contribution in [0, 0.1) is 0 Å². The van der Waals surface area contributed by atoms with E-state index in [1.807, 2.05) is 0 Å². The minimum Gasteiger partial charge on any atom is -0.394 e. The third-order valence-electron chi connectivity index (χ3n) is 4.79. The van der Waals surface area contributed by atoms with Crippen molar-refractivity contribution in [2.24, 2.45) is 0 Å². The van der Waals surface area contributed by atoms with Crippen molar-refractivity contribution < 1.29 is 49.0 Å². The van der Waals surface area contributed by atoms with Gasteiger partial charge in [-0.15, -0.1) is 0 Å². The van der Waals surface area contributed by atoms with Crippen molar-refractivity contribution in [3.63, 3.8) is 0 Å². The van der Waals surface area contributed by atoms with Crippen LogP contribution in [0.2, 0.25) is 0 Å². The Balaban J connectivity index is 2.23. The second-order valence-electron chi connectivity index (χ2n) is 6.67. The Labute approximate surface area is 156 Å². The zero-order valence-corrected chi connectivity index (χ0v) is 15.3. The molecule has 2 aliphatic rings. The first-order chi connectivity index (χ1) is 12.7. The van der Waals surface area contributed by atoms with Crippen LogP contribution in [0.4, 0.5) is 0 Å². The molecule has 1 amide bonds. The van der Waals surface area contributed by atoms with E-state index in [0.717, 1.165) is 0 Å². The van der Waals surface area contributed by atoms with Crippen LogP contribution in [-0.2, 0) is 28.5 Å². The smallest absolute Gasteiger partial charge is 0.217 e. The molecule has 0 aromatic carbocycles. The lowest BCUT2D eigenvalue weighted by Gasteiger charge is -2.47. The normalized spacial score (nSPS) is 45.3. The van der Waals surface area contributed by atoms with E-state index in [4.69, 9.17) is 18.9 Å². The number of carbonyl (C=O) groups excluding carboxylic acids is 2. The van der Waals surface area contributed by atoms with Gasteiger partial charge in [-0.2, -0.15) is 0 Å². The molecule has 11 heteroatoms. The number of hydrogen-bond donors (Lipinski definition) is 5. The molecule has 27 heavy (non-hydrogen) atoms. The summed E-state index contributed by atoms with van der Waals surface area (Å²) < 4.78 is 21.5. The first-order valence-corrected chi connectivity index (χ1v) is 8.61. The van der Waals surface area contributed by atoms with Crippen LogP contribution in [0.3, 0.4) is 0 Å². The topological polar surface area (TPSA) is 164 Å². The van der Waals surface area contributed by atoms with Gasteiger partial charge in [0, 0.05) is 14.0 Å². The Hall–Kier alpha value is -1.18. The predicted octanol–water partition coefficient (Wildman–Crippen LogP) is -3.32. The van der Waals surface area contributed by atoms with Crippen LogP contribution in [0.5, 0.6) is 0 Å². The minimum absolute atomic E-state index is 0.407. The SMILES string of the molecule is CO[C@H]1C(O)C(O)[C@H](OC2[C@H](O)C(CO)O[C@@H](C)[C@H]2NC(C)=O)O[C@H]1C=O. The molecule has 2 aliphatic heterocycles. The van der Waals surface area contributed by atoms with Gasteiger partial charge in [-0.3, -0.25) is 4.79 Å². The van der Waals surface area contributed by atoms with E-state index in [0.29, 0.717) is 6.29 Å². The third-order valence-corrected chi connectivity index (χ3v) is 4.79. The number of aldehydes is 1. The van der Waals surface area contributed by atoms with Crippen molar-refractivity contribution in [2.75, 3.05) is 13.7 Å². The molecular formula is C16H27NO10. The number of nitrogens with one attached hydrogen (secondary N) is 1. The van der Waals surface area contributed by atoms with E-state index < -0.39 is 73.7 Å². The zero-order chi connectivity index (χ0) is 20.3. The summed E-state index contributed by atoms with van der Waals surface area (Å²) in [4.78, 5) is 22.7. The average Bonchev–Trinajstić information content (AvgIpc) is 2.63. The first-order valence-electron chi connectivity index (χ1n) is 8.61. The van der Waals surface area contributed by atoms with Gasteiger partial charge >= 0.3 is 0 Å². The van der Waals surface area contributed by atoms with Gasteiger partial charge in [0.1, 0.15) is 42.7 Å². The molecule has 2 heterocycles. The van der Waals surface area contributed by atoms with Gasteiger partial charge in [-0.05, 0) is 6.92 Å². The number of aliphatic hydroxyl groups is 4. The highest BCUT2D eigenvalue weighted by atomic mass is 16.7. The number of ether oxygens (including phenoxy) is 4. The number of carbonyl (C=O) groups is 2. The van der Waals surface area contributed by atoms with Crippen LogP contribution >= 0.6 is 0 Å². The Morgan fingerprint density at radius 2 is 1.81 bits per heavy atom. The quantitative estimate of drug-likeness (QED) is 0.288. The maximum absolute atomic E-state index is 11.5. The molecule has 2 fully saturated rings. The van der Waals surface area contributed by atoms with Crippen LogP contribution in [-0.4, -0.2) is 107 Å². The summed E-state index contributed by atoms with van der Waals surface area (Å²) in [5, 5.41) is 42.9. The Morgan fingerprint density at radius 3 is 2.33 bits per heavy atom. The van der Waals surface area contributed by atoms with Gasteiger partial charge in [0.15, 0.2) is 12.6 Å². The molecule has 0 bridgehead atoms. The zero-order valence-electron chi connectivity index (χ0n) is 15.3. The molecule has 5 N–H and O–H groups in total. The highest BCUT2D eigenvalue weighted by Crippen LogP contribution is 2.29. The highest BCUT2D eigenvalue weighted by Gasteiger charge is 2.50. The summed E-state index contributed by atoms with van der Waals surface area (Å²) in [5.41, 5.74) is 0. The Morgan fingerprint density at radius 1 is 1.15 bits per heavy atom. The van der Waals surface area contributed by atoms with Gasteiger partial charge in [-0.25, -0.2) is 0 Å². The van der Waals surface area contributed by atoms with Gasteiger partial charge in [0.2, 0.25) is 5.91 Å². The monoisotopic (exact) mass is 393 g/mol. The predicted molar refractivity (Wildman–Crippen MR) is 87.4 cm³/mol. The van der Waals surface area contributed by atoms with Crippen LogP contribution in [0.1, 0.15) is 13.8 Å². The molecule has 2 saturated heterocycles. The molecule has 0 aromatic rings. The average molecular weight is 393 g/mol. The number of amides is 1. The lowest BCUT2D eigenvalue weighted by atomic mass is 9.92. The lowest BCUT2D eigenvalue weighted by molar-refractivity contribution is -0.323. The van der Waals surface area contributed by atoms with Gasteiger partial charge < -0.3 is 49.5 Å². The highest BCUT2D eigenvalue weighted by molar-refractivity contribution is 5.73. The van der Waals surface area contributed by atoms with Crippen molar-refractivity contribution in [2.45, 2.75) is 75.0 Å². The second kappa shape index (κ2) is 9.34. The molecule has 0 aromatic heterocycles. The van der Waals surface area contributed by atoms with E-state index in [9.17, 15) is 30.0 Å². The lowest BCUT2D eigenvalue weighted by Crippen LogP contribution is -2.67. The van der Waals surface area contributed by atoms with E-state index >= 15 is 0 Å².